The number of methoxy groups -OCH3 is 1. The molecule has 1 aliphatic heterocycles. The molecule has 0 radical (unpaired) electrons. The van der Waals surface area contributed by atoms with Crippen molar-refractivity contribution in [1.82, 2.24) is 10.2 Å². The first-order chi connectivity index (χ1) is 14.2. The molecule has 1 aliphatic carbocycles. The monoisotopic (exact) mass is 396 g/mol. The van der Waals surface area contributed by atoms with E-state index in [1.165, 1.54) is 18.4 Å². The van der Waals surface area contributed by atoms with Gasteiger partial charge in [-0.1, -0.05) is 18.2 Å². The maximum absolute atomic E-state index is 12.5. The molecule has 2 aromatic rings. The summed E-state index contributed by atoms with van der Waals surface area (Å²) in [5.74, 6) is 2.51. The van der Waals surface area contributed by atoms with Crippen molar-refractivity contribution in [2.45, 2.75) is 31.8 Å². The molecule has 0 saturated heterocycles. The highest BCUT2D eigenvalue weighted by Gasteiger charge is 2.30. The fraction of sp³-hybridized carbons (Fsp3) is 0.435. The number of carbonyl (C=O) groups is 1. The molecule has 2 aliphatic rings. The lowest BCUT2D eigenvalue weighted by Crippen LogP contribution is -2.38. The van der Waals surface area contributed by atoms with Gasteiger partial charge in [0.2, 0.25) is 5.91 Å². The van der Waals surface area contributed by atoms with E-state index in [4.69, 9.17) is 14.2 Å². The number of rotatable bonds is 9. The van der Waals surface area contributed by atoms with Crippen LogP contribution in [0.3, 0.4) is 0 Å². The molecule has 6 heteroatoms. The number of benzene rings is 2. The average molecular weight is 396 g/mol. The number of nitrogens with zero attached hydrogens (tertiary/aromatic N) is 1. The zero-order valence-corrected chi connectivity index (χ0v) is 16.9. The van der Waals surface area contributed by atoms with Gasteiger partial charge in [0.25, 0.3) is 0 Å². The maximum Gasteiger partial charge on any atom is 0.234 e. The smallest absolute Gasteiger partial charge is 0.234 e. The third-order valence-corrected chi connectivity index (χ3v) is 5.30. The Morgan fingerprint density at radius 3 is 2.52 bits per heavy atom. The van der Waals surface area contributed by atoms with E-state index in [-0.39, 0.29) is 5.91 Å². The number of ether oxygens (including phenoxy) is 3. The van der Waals surface area contributed by atoms with Gasteiger partial charge in [0, 0.05) is 19.1 Å². The Labute approximate surface area is 171 Å². The maximum atomic E-state index is 12.5. The lowest BCUT2D eigenvalue weighted by Gasteiger charge is -2.22. The summed E-state index contributed by atoms with van der Waals surface area (Å²) in [6.45, 7) is 3.00. The lowest BCUT2D eigenvalue weighted by molar-refractivity contribution is -0.122. The lowest BCUT2D eigenvalue weighted by atomic mass is 10.1. The van der Waals surface area contributed by atoms with E-state index in [0.717, 1.165) is 35.8 Å². The Morgan fingerprint density at radius 1 is 1.07 bits per heavy atom. The van der Waals surface area contributed by atoms with Crippen LogP contribution in [0.2, 0.25) is 0 Å². The van der Waals surface area contributed by atoms with Crippen molar-refractivity contribution in [2.75, 3.05) is 33.4 Å². The first-order valence-corrected chi connectivity index (χ1v) is 10.2. The van der Waals surface area contributed by atoms with Crippen molar-refractivity contribution >= 4 is 5.91 Å². The molecular formula is C23H28N2O4. The number of hydrogen-bond donors (Lipinski definition) is 1. The molecule has 2 aromatic carbocycles. The zero-order valence-electron chi connectivity index (χ0n) is 16.9. The zero-order chi connectivity index (χ0) is 20.1. The van der Waals surface area contributed by atoms with Crippen LogP contribution in [0.4, 0.5) is 0 Å². The number of hydrogen-bond acceptors (Lipinski definition) is 5. The summed E-state index contributed by atoms with van der Waals surface area (Å²) in [4.78, 5) is 14.7. The van der Waals surface area contributed by atoms with Crippen LogP contribution in [-0.2, 0) is 17.8 Å². The highest BCUT2D eigenvalue weighted by Crippen LogP contribution is 2.31. The van der Waals surface area contributed by atoms with Crippen molar-refractivity contribution in [3.8, 4) is 17.2 Å². The van der Waals surface area contributed by atoms with Crippen LogP contribution in [0, 0.1) is 0 Å². The fourth-order valence-electron chi connectivity index (χ4n) is 3.55. The summed E-state index contributed by atoms with van der Waals surface area (Å²) in [5.41, 5.74) is 2.33. The van der Waals surface area contributed by atoms with E-state index >= 15 is 0 Å². The van der Waals surface area contributed by atoms with Gasteiger partial charge in [-0.05, 0) is 54.7 Å². The van der Waals surface area contributed by atoms with Crippen molar-refractivity contribution < 1.29 is 19.0 Å². The van der Waals surface area contributed by atoms with Crippen LogP contribution in [-0.4, -0.2) is 50.3 Å². The van der Waals surface area contributed by atoms with Crippen LogP contribution in [0.25, 0.3) is 0 Å². The summed E-state index contributed by atoms with van der Waals surface area (Å²) >= 11 is 0. The van der Waals surface area contributed by atoms with Crippen LogP contribution >= 0.6 is 0 Å². The Morgan fingerprint density at radius 2 is 1.79 bits per heavy atom. The predicted octanol–water partition coefficient (Wildman–Crippen LogP) is 2.79. The SMILES string of the molecule is COc1ccc(CN(CC(=O)NCCc2ccc3c(c2)OCCO3)C2CC2)cc1. The molecule has 1 heterocycles. The minimum atomic E-state index is 0.0722. The van der Waals surface area contributed by atoms with Crippen LogP contribution in [0.1, 0.15) is 24.0 Å². The fourth-order valence-corrected chi connectivity index (χ4v) is 3.55. The first kappa shape index (κ1) is 19.6. The molecule has 4 rings (SSSR count). The highest BCUT2D eigenvalue weighted by molar-refractivity contribution is 5.78. The van der Waals surface area contributed by atoms with E-state index in [1.807, 2.05) is 30.3 Å². The molecule has 0 aromatic heterocycles. The van der Waals surface area contributed by atoms with Crippen LogP contribution < -0.4 is 19.5 Å². The van der Waals surface area contributed by atoms with Gasteiger partial charge >= 0.3 is 0 Å². The van der Waals surface area contributed by atoms with Gasteiger partial charge in [0.1, 0.15) is 19.0 Å². The van der Waals surface area contributed by atoms with E-state index in [0.29, 0.717) is 32.3 Å². The Balaban J connectivity index is 1.25. The second-order valence-corrected chi connectivity index (χ2v) is 7.56. The van der Waals surface area contributed by atoms with Gasteiger partial charge in [-0.15, -0.1) is 0 Å². The van der Waals surface area contributed by atoms with E-state index in [1.54, 1.807) is 7.11 Å². The minimum absolute atomic E-state index is 0.0722. The van der Waals surface area contributed by atoms with Crippen LogP contribution in [0.5, 0.6) is 17.2 Å². The van der Waals surface area contributed by atoms with Gasteiger partial charge < -0.3 is 19.5 Å². The molecule has 154 valence electrons. The molecule has 6 nitrogen and oxygen atoms in total. The van der Waals surface area contributed by atoms with Crippen molar-refractivity contribution in [1.29, 1.82) is 0 Å². The Hall–Kier alpha value is -2.73. The van der Waals surface area contributed by atoms with Gasteiger partial charge in [0.15, 0.2) is 11.5 Å². The van der Waals surface area contributed by atoms with Gasteiger partial charge in [0.05, 0.1) is 13.7 Å². The quantitative estimate of drug-likeness (QED) is 0.706. The van der Waals surface area contributed by atoms with Gasteiger partial charge in [-0.3, -0.25) is 9.69 Å². The molecule has 1 fully saturated rings. The van der Waals surface area contributed by atoms with E-state index in [2.05, 4.69) is 22.3 Å². The Bertz CT molecular complexity index is 833. The summed E-state index contributed by atoms with van der Waals surface area (Å²) in [6.07, 6.45) is 3.10. The molecule has 0 atom stereocenters. The predicted molar refractivity (Wildman–Crippen MR) is 111 cm³/mol. The number of fused-ring (bicyclic) bond motifs is 1. The summed E-state index contributed by atoms with van der Waals surface area (Å²) < 4.78 is 16.4. The van der Waals surface area contributed by atoms with E-state index in [9.17, 15) is 4.79 Å². The second-order valence-electron chi connectivity index (χ2n) is 7.56. The summed E-state index contributed by atoms with van der Waals surface area (Å²) in [5, 5.41) is 3.06. The Kier molecular flexibility index (Phi) is 6.20. The molecular weight excluding hydrogens is 368 g/mol. The highest BCUT2D eigenvalue weighted by atomic mass is 16.6. The first-order valence-electron chi connectivity index (χ1n) is 10.2. The second kappa shape index (κ2) is 9.18. The van der Waals surface area contributed by atoms with Gasteiger partial charge in [-0.25, -0.2) is 0 Å². The normalized spacial score (nSPS) is 15.2. The van der Waals surface area contributed by atoms with Crippen molar-refractivity contribution in [3.05, 3.63) is 53.6 Å². The molecule has 0 spiro atoms. The van der Waals surface area contributed by atoms with Crippen LogP contribution in [0.15, 0.2) is 42.5 Å². The molecule has 1 amide bonds. The summed E-state index contributed by atoms with van der Waals surface area (Å²) in [6, 6.07) is 14.5. The molecule has 0 bridgehead atoms. The minimum Gasteiger partial charge on any atom is -0.497 e. The number of carbonyl (C=O) groups excluding carboxylic acids is 1. The third kappa shape index (κ3) is 5.41. The largest absolute Gasteiger partial charge is 0.497 e. The standard InChI is InChI=1S/C23H28N2O4/c1-27-20-7-2-18(3-8-20)15-25(19-5-6-19)16-23(26)24-11-10-17-4-9-21-22(14-17)29-13-12-28-21/h2-4,7-9,14,19H,5-6,10-13,15-16H2,1H3,(H,24,26). The van der Waals surface area contributed by atoms with Crippen molar-refractivity contribution in [3.63, 3.8) is 0 Å². The number of nitrogens with one attached hydrogen (secondary N) is 1. The molecule has 0 unspecified atom stereocenters. The number of amides is 1. The third-order valence-electron chi connectivity index (χ3n) is 5.30. The van der Waals surface area contributed by atoms with Crippen molar-refractivity contribution in [2.24, 2.45) is 0 Å². The molecule has 1 N–H and O–H groups in total. The topological polar surface area (TPSA) is 60.0 Å². The van der Waals surface area contributed by atoms with E-state index < -0.39 is 0 Å². The van der Waals surface area contributed by atoms with Gasteiger partial charge in [-0.2, -0.15) is 0 Å². The molecule has 29 heavy (non-hydrogen) atoms. The molecule has 1 saturated carbocycles. The summed E-state index contributed by atoms with van der Waals surface area (Å²) in [7, 11) is 1.67. The average Bonchev–Trinajstić information content (AvgIpc) is 3.59.